The highest BCUT2D eigenvalue weighted by Crippen LogP contribution is 2.24. The van der Waals surface area contributed by atoms with Gasteiger partial charge in [-0.3, -0.25) is 0 Å². The first-order chi connectivity index (χ1) is 9.61. The molecule has 0 aliphatic rings. The van der Waals surface area contributed by atoms with Crippen molar-refractivity contribution in [3.8, 4) is 0 Å². The molecule has 104 valence electrons. The minimum Gasteiger partial charge on any atom is -0.389 e. The zero-order valence-electron chi connectivity index (χ0n) is 11.3. The van der Waals surface area contributed by atoms with Gasteiger partial charge < -0.3 is 11.1 Å². The summed E-state index contributed by atoms with van der Waals surface area (Å²) in [5.74, 6) is 0. The number of thiocarbonyl (C=S) groups is 1. The minimum absolute atomic E-state index is 0.356. The molecule has 0 aliphatic carbocycles. The molecule has 0 fully saturated rings. The van der Waals surface area contributed by atoms with Crippen molar-refractivity contribution in [1.29, 1.82) is 0 Å². The van der Waals surface area contributed by atoms with Gasteiger partial charge in [0.25, 0.3) is 0 Å². The molecule has 0 saturated heterocycles. The second-order valence-corrected chi connectivity index (χ2v) is 5.38. The van der Waals surface area contributed by atoms with Gasteiger partial charge in [0.05, 0.1) is 10.7 Å². The summed E-state index contributed by atoms with van der Waals surface area (Å²) in [5.41, 5.74) is 9.88. The quantitative estimate of drug-likeness (QED) is 0.815. The zero-order chi connectivity index (χ0) is 14.5. The van der Waals surface area contributed by atoms with Gasteiger partial charge in [-0.2, -0.15) is 0 Å². The molecule has 0 aromatic heterocycles. The molecule has 2 nitrogen and oxygen atoms in total. The number of aryl methyl sites for hydroxylation is 1. The van der Waals surface area contributed by atoms with Gasteiger partial charge in [-0.1, -0.05) is 55.0 Å². The van der Waals surface area contributed by atoms with Crippen LogP contribution in [0.5, 0.6) is 0 Å². The molecule has 0 saturated carbocycles. The lowest BCUT2D eigenvalue weighted by Gasteiger charge is -2.12. The van der Waals surface area contributed by atoms with Gasteiger partial charge in [0, 0.05) is 12.1 Å². The Kier molecular flexibility index (Phi) is 4.99. The Labute approximate surface area is 130 Å². The Balaban J connectivity index is 2.13. The molecule has 0 heterocycles. The maximum absolute atomic E-state index is 6.24. The lowest BCUT2D eigenvalue weighted by molar-refractivity contribution is 1.04. The molecule has 2 rings (SSSR count). The number of anilines is 1. The van der Waals surface area contributed by atoms with Crippen LogP contribution in [0.4, 0.5) is 5.69 Å². The van der Waals surface area contributed by atoms with Crippen LogP contribution in [0.2, 0.25) is 5.02 Å². The number of hydrogen-bond donors (Lipinski definition) is 2. The minimum atomic E-state index is 0.356. The molecule has 2 aromatic carbocycles. The Bertz CT molecular complexity index is 626. The van der Waals surface area contributed by atoms with E-state index in [2.05, 4.69) is 30.4 Å². The summed E-state index contributed by atoms with van der Waals surface area (Å²) in [6.45, 7) is 2.90. The average molecular weight is 305 g/mol. The second kappa shape index (κ2) is 6.73. The molecular weight excluding hydrogens is 288 g/mol. The normalized spacial score (nSPS) is 10.3. The predicted molar refractivity (Wildman–Crippen MR) is 90.5 cm³/mol. The number of nitrogens with one attached hydrogen (secondary N) is 1. The van der Waals surface area contributed by atoms with E-state index >= 15 is 0 Å². The van der Waals surface area contributed by atoms with Gasteiger partial charge >= 0.3 is 0 Å². The average Bonchev–Trinajstić information content (AvgIpc) is 2.46. The van der Waals surface area contributed by atoms with Crippen molar-refractivity contribution in [2.24, 2.45) is 5.73 Å². The van der Waals surface area contributed by atoms with Gasteiger partial charge in [-0.25, -0.2) is 0 Å². The molecular formula is C16H17ClN2S. The maximum Gasteiger partial charge on any atom is 0.104 e. The van der Waals surface area contributed by atoms with E-state index in [1.54, 1.807) is 6.07 Å². The lowest BCUT2D eigenvalue weighted by atomic mass is 10.1. The molecule has 20 heavy (non-hydrogen) atoms. The standard InChI is InChI=1S/C16H17ClN2S/c1-2-11-5-3-4-6-13(11)10-19-15-8-7-12(16(18)20)9-14(15)17/h3-9,19H,2,10H2,1H3,(H2,18,20). The van der Waals surface area contributed by atoms with E-state index in [0.29, 0.717) is 10.0 Å². The smallest absolute Gasteiger partial charge is 0.104 e. The summed E-state index contributed by atoms with van der Waals surface area (Å²) >= 11 is 11.2. The zero-order valence-corrected chi connectivity index (χ0v) is 12.9. The highest BCUT2D eigenvalue weighted by atomic mass is 35.5. The van der Waals surface area contributed by atoms with Crippen LogP contribution in [0.15, 0.2) is 42.5 Å². The van der Waals surface area contributed by atoms with Crippen molar-refractivity contribution in [3.63, 3.8) is 0 Å². The van der Waals surface area contributed by atoms with Crippen LogP contribution in [0, 0.1) is 0 Å². The molecule has 0 bridgehead atoms. The van der Waals surface area contributed by atoms with Crippen LogP contribution in [-0.2, 0) is 13.0 Å². The van der Waals surface area contributed by atoms with Crippen LogP contribution in [0.3, 0.4) is 0 Å². The number of benzene rings is 2. The Morgan fingerprint density at radius 2 is 1.90 bits per heavy atom. The predicted octanol–water partition coefficient (Wildman–Crippen LogP) is 4.15. The fourth-order valence-electron chi connectivity index (χ4n) is 2.08. The van der Waals surface area contributed by atoms with Crippen molar-refractivity contribution < 1.29 is 0 Å². The van der Waals surface area contributed by atoms with Crippen molar-refractivity contribution >= 4 is 34.5 Å². The highest BCUT2D eigenvalue weighted by Gasteiger charge is 2.05. The van der Waals surface area contributed by atoms with Crippen molar-refractivity contribution in [3.05, 3.63) is 64.2 Å². The summed E-state index contributed by atoms with van der Waals surface area (Å²) in [5, 5.41) is 3.98. The second-order valence-electron chi connectivity index (χ2n) is 4.53. The lowest BCUT2D eigenvalue weighted by Crippen LogP contribution is -2.09. The van der Waals surface area contributed by atoms with Crippen LogP contribution in [0.1, 0.15) is 23.6 Å². The van der Waals surface area contributed by atoms with Crippen LogP contribution < -0.4 is 11.1 Å². The van der Waals surface area contributed by atoms with E-state index in [4.69, 9.17) is 29.6 Å². The van der Waals surface area contributed by atoms with E-state index in [9.17, 15) is 0 Å². The largest absolute Gasteiger partial charge is 0.389 e. The van der Waals surface area contributed by atoms with Crippen LogP contribution in [0.25, 0.3) is 0 Å². The fourth-order valence-corrected chi connectivity index (χ4v) is 2.45. The van der Waals surface area contributed by atoms with E-state index in [-0.39, 0.29) is 0 Å². The summed E-state index contributed by atoms with van der Waals surface area (Å²) < 4.78 is 0. The van der Waals surface area contributed by atoms with E-state index < -0.39 is 0 Å². The van der Waals surface area contributed by atoms with Gasteiger partial charge in [0.1, 0.15) is 4.99 Å². The summed E-state index contributed by atoms with van der Waals surface area (Å²) in [4.78, 5) is 0.356. The number of rotatable bonds is 5. The summed E-state index contributed by atoms with van der Waals surface area (Å²) in [7, 11) is 0. The summed E-state index contributed by atoms with van der Waals surface area (Å²) in [6, 6.07) is 14.0. The number of halogens is 1. The Hall–Kier alpha value is -1.58. The fraction of sp³-hybridized carbons (Fsp3) is 0.188. The van der Waals surface area contributed by atoms with Crippen molar-refractivity contribution in [2.45, 2.75) is 19.9 Å². The van der Waals surface area contributed by atoms with Gasteiger partial charge in [-0.15, -0.1) is 0 Å². The third kappa shape index (κ3) is 3.50. The Morgan fingerprint density at radius 1 is 1.20 bits per heavy atom. The molecule has 0 spiro atoms. The molecule has 2 aromatic rings. The van der Waals surface area contributed by atoms with Gasteiger partial charge in [0.2, 0.25) is 0 Å². The summed E-state index contributed by atoms with van der Waals surface area (Å²) in [6.07, 6.45) is 1.02. The topological polar surface area (TPSA) is 38.0 Å². The number of nitrogens with two attached hydrogens (primary N) is 1. The molecule has 0 aliphatic heterocycles. The van der Waals surface area contributed by atoms with E-state index in [1.165, 1.54) is 11.1 Å². The molecule has 3 N–H and O–H groups in total. The molecule has 0 unspecified atom stereocenters. The van der Waals surface area contributed by atoms with Gasteiger partial charge in [0.15, 0.2) is 0 Å². The number of hydrogen-bond acceptors (Lipinski definition) is 2. The first-order valence-corrected chi connectivity index (χ1v) is 7.30. The molecule has 0 atom stereocenters. The first-order valence-electron chi connectivity index (χ1n) is 6.51. The van der Waals surface area contributed by atoms with Crippen LogP contribution >= 0.6 is 23.8 Å². The first kappa shape index (κ1) is 14.8. The molecule has 0 radical (unpaired) electrons. The monoisotopic (exact) mass is 304 g/mol. The van der Waals surface area contributed by atoms with Crippen molar-refractivity contribution in [1.82, 2.24) is 0 Å². The molecule has 4 heteroatoms. The Morgan fingerprint density at radius 3 is 2.50 bits per heavy atom. The third-order valence-electron chi connectivity index (χ3n) is 3.22. The molecule has 0 amide bonds. The maximum atomic E-state index is 6.24. The third-order valence-corrected chi connectivity index (χ3v) is 3.77. The van der Waals surface area contributed by atoms with E-state index in [0.717, 1.165) is 24.2 Å². The highest BCUT2D eigenvalue weighted by molar-refractivity contribution is 7.80. The SMILES string of the molecule is CCc1ccccc1CNc1ccc(C(N)=S)cc1Cl. The van der Waals surface area contributed by atoms with Crippen LogP contribution in [-0.4, -0.2) is 4.99 Å². The van der Waals surface area contributed by atoms with Gasteiger partial charge in [-0.05, 0) is 35.7 Å². The van der Waals surface area contributed by atoms with E-state index in [1.807, 2.05) is 18.2 Å². The van der Waals surface area contributed by atoms with Crippen molar-refractivity contribution in [2.75, 3.05) is 5.32 Å².